The smallest absolute Gasteiger partial charge is 0.128 e. The molecule has 0 unspecified atom stereocenters. The average Bonchev–Trinajstić information content (AvgIpc) is 2.57. The maximum atomic E-state index is 5.34. The van der Waals surface area contributed by atoms with Crippen LogP contribution in [0.4, 0.5) is 0 Å². The summed E-state index contributed by atoms with van der Waals surface area (Å²) in [5, 5.41) is 0. The van der Waals surface area contributed by atoms with Gasteiger partial charge in [0, 0.05) is 11.3 Å². The van der Waals surface area contributed by atoms with Gasteiger partial charge in [-0.1, -0.05) is 12.1 Å². The molecule has 2 aromatic rings. The second-order valence-electron chi connectivity index (χ2n) is 3.71. The lowest BCUT2D eigenvalue weighted by atomic mass is 10.1. The summed E-state index contributed by atoms with van der Waals surface area (Å²) in [5.41, 5.74) is 4.68. The van der Waals surface area contributed by atoms with Crippen LogP contribution in [-0.2, 0) is 0 Å². The van der Waals surface area contributed by atoms with Crippen LogP contribution in [0.1, 0.15) is 11.3 Å². The van der Waals surface area contributed by atoms with Crippen molar-refractivity contribution in [2.45, 2.75) is 13.8 Å². The van der Waals surface area contributed by atoms with Crippen LogP contribution in [0.15, 0.2) is 30.3 Å². The summed E-state index contributed by atoms with van der Waals surface area (Å²) in [4.78, 5) is 3.36. The quantitative estimate of drug-likeness (QED) is 0.792. The number of H-pyrrole nitrogens is 1. The molecule has 2 rings (SSSR count). The molecule has 0 atom stereocenters. The first-order valence-electron chi connectivity index (χ1n) is 5.02. The maximum absolute atomic E-state index is 5.34. The van der Waals surface area contributed by atoms with Gasteiger partial charge in [0.2, 0.25) is 0 Å². The van der Waals surface area contributed by atoms with Gasteiger partial charge in [0.05, 0.1) is 12.8 Å². The Morgan fingerprint density at radius 2 is 1.87 bits per heavy atom. The van der Waals surface area contributed by atoms with Gasteiger partial charge in [-0.25, -0.2) is 0 Å². The molecule has 0 spiro atoms. The van der Waals surface area contributed by atoms with Crippen molar-refractivity contribution in [2.24, 2.45) is 0 Å². The van der Waals surface area contributed by atoms with Crippen molar-refractivity contribution in [3.05, 3.63) is 41.6 Å². The van der Waals surface area contributed by atoms with E-state index >= 15 is 0 Å². The van der Waals surface area contributed by atoms with E-state index in [1.807, 2.05) is 18.2 Å². The minimum Gasteiger partial charge on any atom is -0.496 e. The van der Waals surface area contributed by atoms with Gasteiger partial charge in [0.25, 0.3) is 0 Å². The second-order valence-corrected chi connectivity index (χ2v) is 3.71. The van der Waals surface area contributed by atoms with Gasteiger partial charge in [0.15, 0.2) is 0 Å². The number of benzene rings is 1. The number of para-hydroxylation sites is 1. The van der Waals surface area contributed by atoms with Gasteiger partial charge >= 0.3 is 0 Å². The fraction of sp³-hybridized carbons (Fsp3) is 0.231. The highest BCUT2D eigenvalue weighted by Crippen LogP contribution is 2.31. The highest BCUT2D eigenvalue weighted by molar-refractivity contribution is 5.70. The van der Waals surface area contributed by atoms with Crippen LogP contribution in [0, 0.1) is 13.8 Å². The molecule has 1 N–H and O–H groups in total. The van der Waals surface area contributed by atoms with E-state index in [1.54, 1.807) is 7.11 Å². The molecule has 0 amide bonds. The van der Waals surface area contributed by atoms with Crippen LogP contribution in [0.5, 0.6) is 5.75 Å². The monoisotopic (exact) mass is 201 g/mol. The van der Waals surface area contributed by atoms with Crippen molar-refractivity contribution in [1.82, 2.24) is 4.98 Å². The summed E-state index contributed by atoms with van der Waals surface area (Å²) < 4.78 is 5.34. The predicted molar refractivity (Wildman–Crippen MR) is 62.3 cm³/mol. The first-order chi connectivity index (χ1) is 7.22. The topological polar surface area (TPSA) is 25.0 Å². The number of nitrogens with one attached hydrogen (secondary N) is 1. The molecule has 78 valence electrons. The molecule has 0 saturated heterocycles. The number of aryl methyl sites for hydroxylation is 2. The van der Waals surface area contributed by atoms with Crippen LogP contribution < -0.4 is 4.74 Å². The zero-order chi connectivity index (χ0) is 10.8. The Balaban J connectivity index is 2.58. The molecule has 0 aliphatic heterocycles. The molecule has 0 radical (unpaired) electrons. The highest BCUT2D eigenvalue weighted by Gasteiger charge is 2.09. The Morgan fingerprint density at radius 3 is 2.47 bits per heavy atom. The number of hydrogen-bond donors (Lipinski definition) is 1. The summed E-state index contributed by atoms with van der Waals surface area (Å²) >= 11 is 0. The van der Waals surface area contributed by atoms with Gasteiger partial charge < -0.3 is 9.72 Å². The van der Waals surface area contributed by atoms with E-state index in [9.17, 15) is 0 Å². The highest BCUT2D eigenvalue weighted by atomic mass is 16.5. The molecule has 2 heteroatoms. The normalized spacial score (nSPS) is 10.3. The third-order valence-corrected chi connectivity index (χ3v) is 2.53. The molecule has 1 aromatic carbocycles. The van der Waals surface area contributed by atoms with Crippen LogP contribution >= 0.6 is 0 Å². The summed E-state index contributed by atoms with van der Waals surface area (Å²) in [7, 11) is 1.70. The lowest BCUT2D eigenvalue weighted by Crippen LogP contribution is -1.88. The first-order valence-corrected chi connectivity index (χ1v) is 5.02. The van der Waals surface area contributed by atoms with Crippen molar-refractivity contribution >= 4 is 0 Å². The van der Waals surface area contributed by atoms with Crippen LogP contribution in [0.2, 0.25) is 0 Å². The third kappa shape index (κ3) is 1.75. The lowest BCUT2D eigenvalue weighted by Gasteiger charge is -2.07. The molecule has 1 aromatic heterocycles. The van der Waals surface area contributed by atoms with E-state index in [2.05, 4.69) is 31.0 Å². The number of ether oxygens (including phenoxy) is 1. The molecule has 0 bridgehead atoms. The third-order valence-electron chi connectivity index (χ3n) is 2.53. The number of hydrogen-bond acceptors (Lipinski definition) is 1. The van der Waals surface area contributed by atoms with E-state index in [1.165, 1.54) is 11.3 Å². The van der Waals surface area contributed by atoms with Crippen LogP contribution in [-0.4, -0.2) is 12.1 Å². The van der Waals surface area contributed by atoms with E-state index < -0.39 is 0 Å². The van der Waals surface area contributed by atoms with E-state index in [4.69, 9.17) is 4.74 Å². The minimum atomic E-state index is 0.905. The van der Waals surface area contributed by atoms with Gasteiger partial charge in [0.1, 0.15) is 5.75 Å². The molecule has 0 saturated carbocycles. The van der Waals surface area contributed by atoms with Gasteiger partial charge in [-0.2, -0.15) is 0 Å². The Bertz CT molecular complexity index is 471. The SMILES string of the molecule is COc1ccccc1-c1[nH]c(C)cc1C. The van der Waals surface area contributed by atoms with Crippen molar-refractivity contribution in [3.8, 4) is 17.0 Å². The lowest BCUT2D eigenvalue weighted by molar-refractivity contribution is 0.416. The molecular weight excluding hydrogens is 186 g/mol. The minimum absolute atomic E-state index is 0.905. The Kier molecular flexibility index (Phi) is 2.50. The fourth-order valence-corrected chi connectivity index (χ4v) is 1.86. The molecule has 0 aliphatic carbocycles. The molecule has 0 fully saturated rings. The zero-order valence-electron chi connectivity index (χ0n) is 9.29. The van der Waals surface area contributed by atoms with Crippen molar-refractivity contribution in [2.75, 3.05) is 7.11 Å². The number of aromatic nitrogens is 1. The van der Waals surface area contributed by atoms with Gasteiger partial charge in [-0.05, 0) is 37.6 Å². The molecule has 1 heterocycles. The predicted octanol–water partition coefficient (Wildman–Crippen LogP) is 3.31. The summed E-state index contributed by atoms with van der Waals surface area (Å²) in [6.07, 6.45) is 0. The maximum Gasteiger partial charge on any atom is 0.128 e. The van der Waals surface area contributed by atoms with Crippen molar-refractivity contribution < 1.29 is 4.74 Å². The van der Waals surface area contributed by atoms with Gasteiger partial charge in [-0.3, -0.25) is 0 Å². The van der Waals surface area contributed by atoms with E-state index in [0.717, 1.165) is 17.0 Å². The largest absolute Gasteiger partial charge is 0.496 e. The van der Waals surface area contributed by atoms with Crippen LogP contribution in [0.3, 0.4) is 0 Å². The Labute approximate surface area is 89.9 Å². The molecule has 0 aliphatic rings. The Morgan fingerprint density at radius 1 is 1.13 bits per heavy atom. The summed E-state index contributed by atoms with van der Waals surface area (Å²) in [6.45, 7) is 4.16. The van der Waals surface area contributed by atoms with Crippen LogP contribution in [0.25, 0.3) is 11.3 Å². The average molecular weight is 201 g/mol. The molecule has 15 heavy (non-hydrogen) atoms. The zero-order valence-corrected chi connectivity index (χ0v) is 9.29. The van der Waals surface area contributed by atoms with Gasteiger partial charge in [-0.15, -0.1) is 0 Å². The summed E-state index contributed by atoms with van der Waals surface area (Å²) in [5.74, 6) is 0.905. The second kappa shape index (κ2) is 3.81. The first kappa shape index (κ1) is 9.84. The number of aromatic amines is 1. The fourth-order valence-electron chi connectivity index (χ4n) is 1.86. The molecular formula is C13H15NO. The van der Waals surface area contributed by atoms with Crippen molar-refractivity contribution in [1.29, 1.82) is 0 Å². The van der Waals surface area contributed by atoms with E-state index in [-0.39, 0.29) is 0 Å². The number of rotatable bonds is 2. The number of methoxy groups -OCH3 is 1. The Hall–Kier alpha value is -1.70. The molecule has 2 nitrogen and oxygen atoms in total. The summed E-state index contributed by atoms with van der Waals surface area (Å²) in [6, 6.07) is 10.2. The van der Waals surface area contributed by atoms with Crippen molar-refractivity contribution in [3.63, 3.8) is 0 Å². The van der Waals surface area contributed by atoms with E-state index in [0.29, 0.717) is 0 Å². The standard InChI is InChI=1S/C13H15NO/c1-9-8-10(2)14-13(9)11-6-4-5-7-12(11)15-3/h4-8,14H,1-3H3.